The number of hydrogen-bond donors (Lipinski definition) is 2. The van der Waals surface area contributed by atoms with Gasteiger partial charge in [0.15, 0.2) is 5.78 Å². The lowest BCUT2D eigenvalue weighted by molar-refractivity contribution is -0.117. The maximum absolute atomic E-state index is 11.8. The Morgan fingerprint density at radius 1 is 1.35 bits per heavy atom. The quantitative estimate of drug-likeness (QED) is 0.720. The van der Waals surface area contributed by atoms with Gasteiger partial charge in [-0.25, -0.2) is 4.79 Å². The van der Waals surface area contributed by atoms with Crippen LogP contribution >= 0.6 is 0 Å². The third-order valence-electron chi connectivity index (χ3n) is 3.95. The Bertz CT molecular complexity index is 354. The monoisotopic (exact) mass is 237 g/mol. The number of carbonyl (C=O) groups excluding carboxylic acids is 1. The molecule has 94 valence electrons. The van der Waals surface area contributed by atoms with Gasteiger partial charge in [-0.1, -0.05) is 6.58 Å². The summed E-state index contributed by atoms with van der Waals surface area (Å²) in [5.74, 6) is 2.03. The number of carbonyl (C=O) groups is 2. The Morgan fingerprint density at radius 3 is 2.41 bits per heavy atom. The Hall–Kier alpha value is -1.32. The highest BCUT2D eigenvalue weighted by Crippen LogP contribution is 2.55. The fourth-order valence-corrected chi connectivity index (χ4v) is 3.04. The van der Waals surface area contributed by atoms with Gasteiger partial charge in [0.05, 0.1) is 6.04 Å². The van der Waals surface area contributed by atoms with Crippen LogP contribution in [0.15, 0.2) is 12.2 Å². The molecule has 0 radical (unpaired) electrons. The third kappa shape index (κ3) is 2.87. The Morgan fingerprint density at radius 2 is 1.94 bits per heavy atom. The zero-order valence-electron chi connectivity index (χ0n) is 10.1. The number of nitrogens with one attached hydrogen (secondary N) is 1. The molecule has 2 rings (SSSR count). The molecule has 0 aromatic rings. The zero-order chi connectivity index (χ0) is 12.6. The number of fused-ring (bicyclic) bond motifs is 1. The van der Waals surface area contributed by atoms with Gasteiger partial charge >= 0.3 is 6.09 Å². The summed E-state index contributed by atoms with van der Waals surface area (Å²) in [6, 6.07) is -0.604. The standard InChI is InChI=1S/C13H19NO3/c1-7(2)12(15)11(14-13(16)17)5-8-3-9-6-10(9)4-8/h8-11,14H,1,3-6H2,2H3,(H,16,17)/t8-,9-,10+,11-/m0/s1. The van der Waals surface area contributed by atoms with Crippen molar-refractivity contribution in [2.45, 2.75) is 38.6 Å². The molecule has 0 bridgehead atoms. The first-order chi connectivity index (χ1) is 7.97. The first-order valence-electron chi connectivity index (χ1n) is 6.16. The van der Waals surface area contributed by atoms with Gasteiger partial charge in [-0.2, -0.15) is 0 Å². The average Bonchev–Trinajstić information content (AvgIpc) is 2.84. The molecule has 4 atom stereocenters. The second-order valence-corrected chi connectivity index (χ2v) is 5.48. The number of rotatable bonds is 5. The Balaban J connectivity index is 1.92. The van der Waals surface area contributed by atoms with Crippen molar-refractivity contribution in [3.63, 3.8) is 0 Å². The lowest BCUT2D eigenvalue weighted by Gasteiger charge is -2.20. The van der Waals surface area contributed by atoms with Crippen LogP contribution in [0.1, 0.15) is 32.6 Å². The van der Waals surface area contributed by atoms with E-state index < -0.39 is 12.1 Å². The van der Waals surface area contributed by atoms with Gasteiger partial charge in [0.25, 0.3) is 0 Å². The zero-order valence-corrected chi connectivity index (χ0v) is 10.1. The molecule has 4 heteroatoms. The highest BCUT2D eigenvalue weighted by atomic mass is 16.4. The predicted molar refractivity (Wildman–Crippen MR) is 63.7 cm³/mol. The molecule has 4 nitrogen and oxygen atoms in total. The predicted octanol–water partition coefficient (Wildman–Crippen LogP) is 2.20. The van der Waals surface area contributed by atoms with Crippen molar-refractivity contribution in [3.05, 3.63) is 12.2 Å². The molecule has 2 N–H and O–H groups in total. The highest BCUT2D eigenvalue weighted by molar-refractivity contribution is 5.99. The number of carboxylic acid groups (broad SMARTS) is 1. The molecule has 2 fully saturated rings. The van der Waals surface area contributed by atoms with Gasteiger partial charge in [-0.15, -0.1) is 0 Å². The van der Waals surface area contributed by atoms with E-state index in [9.17, 15) is 9.59 Å². The summed E-state index contributed by atoms with van der Waals surface area (Å²) in [4.78, 5) is 22.5. The maximum atomic E-state index is 11.8. The van der Waals surface area contributed by atoms with Crippen LogP contribution in [0.25, 0.3) is 0 Å². The smallest absolute Gasteiger partial charge is 0.405 e. The van der Waals surface area contributed by atoms with Crippen LogP contribution in [0.4, 0.5) is 4.79 Å². The molecule has 0 aliphatic heterocycles. The summed E-state index contributed by atoms with van der Waals surface area (Å²) in [5.41, 5.74) is 0.423. The van der Waals surface area contributed by atoms with E-state index in [-0.39, 0.29) is 5.78 Å². The van der Waals surface area contributed by atoms with Gasteiger partial charge in [0.2, 0.25) is 0 Å². The van der Waals surface area contributed by atoms with Crippen molar-refractivity contribution in [2.24, 2.45) is 17.8 Å². The summed E-state index contributed by atoms with van der Waals surface area (Å²) >= 11 is 0. The highest BCUT2D eigenvalue weighted by Gasteiger charge is 2.46. The summed E-state index contributed by atoms with van der Waals surface area (Å²) in [5, 5.41) is 11.1. The van der Waals surface area contributed by atoms with Gasteiger partial charge in [0.1, 0.15) is 0 Å². The maximum Gasteiger partial charge on any atom is 0.405 e. The van der Waals surface area contributed by atoms with E-state index in [0.29, 0.717) is 17.9 Å². The molecule has 0 spiro atoms. The van der Waals surface area contributed by atoms with E-state index in [4.69, 9.17) is 5.11 Å². The minimum absolute atomic E-state index is 0.173. The van der Waals surface area contributed by atoms with Gasteiger partial charge in [-0.05, 0) is 55.9 Å². The van der Waals surface area contributed by atoms with Gasteiger partial charge in [0, 0.05) is 0 Å². The average molecular weight is 237 g/mol. The molecule has 2 aliphatic rings. The molecule has 2 saturated carbocycles. The molecule has 0 aromatic heterocycles. The molecular formula is C13H19NO3. The lowest BCUT2D eigenvalue weighted by Crippen LogP contribution is -2.41. The van der Waals surface area contributed by atoms with Crippen molar-refractivity contribution in [3.8, 4) is 0 Å². The van der Waals surface area contributed by atoms with E-state index in [0.717, 1.165) is 24.7 Å². The van der Waals surface area contributed by atoms with Crippen LogP contribution in [0.2, 0.25) is 0 Å². The number of Topliss-reactive ketones (excluding diaryl/α,β-unsaturated/α-hetero) is 1. The largest absolute Gasteiger partial charge is 0.465 e. The van der Waals surface area contributed by atoms with Crippen molar-refractivity contribution in [2.75, 3.05) is 0 Å². The first-order valence-corrected chi connectivity index (χ1v) is 6.16. The van der Waals surface area contributed by atoms with Crippen molar-refractivity contribution in [1.82, 2.24) is 5.32 Å². The fraction of sp³-hybridized carbons (Fsp3) is 0.692. The third-order valence-corrected chi connectivity index (χ3v) is 3.95. The van der Waals surface area contributed by atoms with Crippen molar-refractivity contribution >= 4 is 11.9 Å². The van der Waals surface area contributed by atoms with Crippen LogP contribution < -0.4 is 5.32 Å². The summed E-state index contributed by atoms with van der Waals surface area (Å²) in [6.45, 7) is 5.23. The number of amides is 1. The minimum Gasteiger partial charge on any atom is -0.465 e. The van der Waals surface area contributed by atoms with Gasteiger partial charge in [-0.3, -0.25) is 4.79 Å². The molecule has 0 saturated heterocycles. The second-order valence-electron chi connectivity index (χ2n) is 5.48. The van der Waals surface area contributed by atoms with Crippen molar-refractivity contribution in [1.29, 1.82) is 0 Å². The molecular weight excluding hydrogens is 218 g/mol. The normalized spacial score (nSPS) is 31.5. The van der Waals surface area contributed by atoms with Gasteiger partial charge < -0.3 is 10.4 Å². The summed E-state index contributed by atoms with van der Waals surface area (Å²) in [7, 11) is 0. The van der Waals surface area contributed by atoms with Crippen LogP contribution in [0.5, 0.6) is 0 Å². The topological polar surface area (TPSA) is 66.4 Å². The van der Waals surface area contributed by atoms with Crippen molar-refractivity contribution < 1.29 is 14.7 Å². The Labute approximate surface area is 101 Å². The van der Waals surface area contributed by atoms with E-state index in [1.165, 1.54) is 6.42 Å². The second kappa shape index (κ2) is 4.51. The van der Waals surface area contributed by atoms with E-state index in [1.54, 1.807) is 6.92 Å². The SMILES string of the molecule is C=C(C)C(=O)[C@H](C[C@@H]1C[C@@H]2C[C@@H]2C1)NC(=O)O. The molecule has 2 aliphatic carbocycles. The molecule has 17 heavy (non-hydrogen) atoms. The lowest BCUT2D eigenvalue weighted by atomic mass is 9.91. The Kier molecular flexibility index (Phi) is 3.22. The van der Waals surface area contributed by atoms with E-state index >= 15 is 0 Å². The summed E-state index contributed by atoms with van der Waals surface area (Å²) < 4.78 is 0. The minimum atomic E-state index is -1.13. The summed E-state index contributed by atoms with van der Waals surface area (Å²) in [6.07, 6.45) is 3.15. The molecule has 1 amide bonds. The van der Waals surface area contributed by atoms with Crippen LogP contribution in [-0.4, -0.2) is 23.0 Å². The van der Waals surface area contributed by atoms with E-state index in [2.05, 4.69) is 11.9 Å². The molecule has 0 heterocycles. The van der Waals surface area contributed by atoms with Crippen LogP contribution in [0.3, 0.4) is 0 Å². The first kappa shape index (κ1) is 12.1. The number of ketones is 1. The fourth-order valence-electron chi connectivity index (χ4n) is 3.04. The van der Waals surface area contributed by atoms with Crippen LogP contribution in [-0.2, 0) is 4.79 Å². The molecule has 0 unspecified atom stereocenters. The molecule has 0 aromatic carbocycles. The number of hydrogen-bond acceptors (Lipinski definition) is 2. The van der Waals surface area contributed by atoms with Crippen LogP contribution in [0, 0.1) is 17.8 Å². The van der Waals surface area contributed by atoms with E-state index in [1.807, 2.05) is 0 Å².